The number of amides is 1. The second-order valence-electron chi connectivity index (χ2n) is 4.85. The number of aromatic nitrogens is 2. The van der Waals surface area contributed by atoms with Crippen LogP contribution < -0.4 is 10.6 Å². The predicted molar refractivity (Wildman–Crippen MR) is 84.7 cm³/mol. The molecule has 0 aromatic carbocycles. The third kappa shape index (κ3) is 4.02. The highest BCUT2D eigenvalue weighted by Gasteiger charge is 2.10. The maximum atomic E-state index is 12.3. The molecule has 2 rings (SSSR count). The SMILES string of the molecule is CCCc1cc(C(=O)Nc2cccc(C)n2)cc(NC)n1. The Morgan fingerprint density at radius 3 is 2.67 bits per heavy atom. The fourth-order valence-corrected chi connectivity index (χ4v) is 2.03. The van der Waals surface area contributed by atoms with Gasteiger partial charge in [0, 0.05) is 24.0 Å². The Bertz CT molecular complexity index is 640. The van der Waals surface area contributed by atoms with E-state index in [9.17, 15) is 4.79 Å². The maximum Gasteiger partial charge on any atom is 0.257 e. The lowest BCUT2D eigenvalue weighted by atomic mass is 10.1. The first-order valence-electron chi connectivity index (χ1n) is 7.06. The molecule has 2 aromatic rings. The average molecular weight is 284 g/mol. The Morgan fingerprint density at radius 1 is 1.19 bits per heavy atom. The minimum Gasteiger partial charge on any atom is -0.373 e. The van der Waals surface area contributed by atoms with Gasteiger partial charge in [-0.2, -0.15) is 0 Å². The van der Waals surface area contributed by atoms with Crippen LogP contribution in [0.3, 0.4) is 0 Å². The molecule has 0 radical (unpaired) electrons. The first-order valence-corrected chi connectivity index (χ1v) is 7.06. The lowest BCUT2D eigenvalue weighted by Crippen LogP contribution is -2.14. The highest BCUT2D eigenvalue weighted by Crippen LogP contribution is 2.14. The molecule has 0 spiro atoms. The van der Waals surface area contributed by atoms with Gasteiger partial charge in [0.1, 0.15) is 11.6 Å². The fourth-order valence-electron chi connectivity index (χ4n) is 2.03. The van der Waals surface area contributed by atoms with Gasteiger partial charge in [-0.05, 0) is 37.6 Å². The molecule has 0 aliphatic heterocycles. The summed E-state index contributed by atoms with van der Waals surface area (Å²) in [6.07, 6.45) is 1.83. The van der Waals surface area contributed by atoms with Crippen molar-refractivity contribution in [1.29, 1.82) is 0 Å². The average Bonchev–Trinajstić information content (AvgIpc) is 2.47. The standard InChI is InChI=1S/C16H20N4O/c1-4-6-13-9-12(10-15(17-3)19-13)16(21)20-14-8-5-7-11(2)18-14/h5,7-10H,4,6H2,1-3H3,(H,17,19)(H,18,20,21). The molecule has 21 heavy (non-hydrogen) atoms. The molecular formula is C16H20N4O. The van der Waals surface area contributed by atoms with Gasteiger partial charge >= 0.3 is 0 Å². The van der Waals surface area contributed by atoms with Crippen LogP contribution in [-0.2, 0) is 6.42 Å². The smallest absolute Gasteiger partial charge is 0.257 e. The van der Waals surface area contributed by atoms with E-state index in [0.717, 1.165) is 24.2 Å². The summed E-state index contributed by atoms with van der Waals surface area (Å²) < 4.78 is 0. The van der Waals surface area contributed by atoms with Crippen molar-refractivity contribution >= 4 is 17.5 Å². The summed E-state index contributed by atoms with van der Waals surface area (Å²) in [7, 11) is 1.79. The van der Waals surface area contributed by atoms with E-state index in [1.54, 1.807) is 19.2 Å². The number of carbonyl (C=O) groups excluding carboxylic acids is 1. The number of anilines is 2. The highest BCUT2D eigenvalue weighted by molar-refractivity contribution is 6.04. The highest BCUT2D eigenvalue weighted by atomic mass is 16.1. The number of rotatable bonds is 5. The Labute approximate surface area is 124 Å². The van der Waals surface area contributed by atoms with E-state index in [1.807, 2.05) is 25.1 Å². The van der Waals surface area contributed by atoms with Gasteiger partial charge in [0.05, 0.1) is 0 Å². The number of pyridine rings is 2. The van der Waals surface area contributed by atoms with Crippen LogP contribution in [0.2, 0.25) is 0 Å². The number of hydrogen-bond acceptors (Lipinski definition) is 4. The summed E-state index contributed by atoms with van der Waals surface area (Å²) in [6.45, 7) is 3.98. The van der Waals surface area contributed by atoms with Crippen LogP contribution in [0.4, 0.5) is 11.6 Å². The molecule has 1 amide bonds. The quantitative estimate of drug-likeness (QED) is 0.885. The van der Waals surface area contributed by atoms with Gasteiger partial charge in [0.15, 0.2) is 0 Å². The van der Waals surface area contributed by atoms with Crippen molar-refractivity contribution in [3.8, 4) is 0 Å². The predicted octanol–water partition coefficient (Wildman–Crippen LogP) is 3.03. The van der Waals surface area contributed by atoms with Crippen LogP contribution in [0, 0.1) is 6.92 Å². The molecule has 0 fully saturated rings. The normalized spacial score (nSPS) is 10.2. The molecule has 0 aliphatic rings. The van der Waals surface area contributed by atoms with Gasteiger partial charge in [-0.25, -0.2) is 9.97 Å². The third-order valence-corrected chi connectivity index (χ3v) is 3.03. The molecule has 0 atom stereocenters. The lowest BCUT2D eigenvalue weighted by Gasteiger charge is -2.09. The fraction of sp³-hybridized carbons (Fsp3) is 0.312. The Kier molecular flexibility index (Phi) is 4.87. The molecule has 0 bridgehead atoms. The van der Waals surface area contributed by atoms with Gasteiger partial charge in [-0.15, -0.1) is 0 Å². The van der Waals surface area contributed by atoms with Crippen LogP contribution in [0.5, 0.6) is 0 Å². The molecule has 5 nitrogen and oxygen atoms in total. The van der Waals surface area contributed by atoms with Crippen molar-refractivity contribution in [2.24, 2.45) is 0 Å². The van der Waals surface area contributed by atoms with E-state index in [2.05, 4.69) is 27.5 Å². The zero-order chi connectivity index (χ0) is 15.2. The second kappa shape index (κ2) is 6.83. The van der Waals surface area contributed by atoms with Crippen molar-refractivity contribution in [2.75, 3.05) is 17.7 Å². The zero-order valence-corrected chi connectivity index (χ0v) is 12.6. The van der Waals surface area contributed by atoms with E-state index in [-0.39, 0.29) is 5.91 Å². The van der Waals surface area contributed by atoms with Gasteiger partial charge in [0.25, 0.3) is 5.91 Å². The first kappa shape index (κ1) is 15.0. The van der Waals surface area contributed by atoms with Crippen LogP contribution in [0.15, 0.2) is 30.3 Å². The van der Waals surface area contributed by atoms with Gasteiger partial charge in [-0.3, -0.25) is 4.79 Å². The Morgan fingerprint density at radius 2 is 2.00 bits per heavy atom. The summed E-state index contributed by atoms with van der Waals surface area (Å²) in [5.74, 6) is 1.08. The van der Waals surface area contributed by atoms with Crippen molar-refractivity contribution in [3.63, 3.8) is 0 Å². The van der Waals surface area contributed by atoms with Crippen LogP contribution in [0.25, 0.3) is 0 Å². The molecule has 0 aliphatic carbocycles. The molecule has 2 heterocycles. The minimum absolute atomic E-state index is 0.177. The zero-order valence-electron chi connectivity index (χ0n) is 12.6. The van der Waals surface area contributed by atoms with Crippen molar-refractivity contribution < 1.29 is 4.79 Å². The largest absolute Gasteiger partial charge is 0.373 e. The van der Waals surface area contributed by atoms with E-state index < -0.39 is 0 Å². The van der Waals surface area contributed by atoms with Crippen LogP contribution >= 0.6 is 0 Å². The molecular weight excluding hydrogens is 264 g/mol. The molecule has 110 valence electrons. The number of hydrogen-bond donors (Lipinski definition) is 2. The van der Waals surface area contributed by atoms with E-state index in [0.29, 0.717) is 17.2 Å². The lowest BCUT2D eigenvalue weighted by molar-refractivity contribution is 0.102. The van der Waals surface area contributed by atoms with Crippen LogP contribution in [0.1, 0.15) is 35.1 Å². The summed E-state index contributed by atoms with van der Waals surface area (Å²) in [6, 6.07) is 9.10. The van der Waals surface area contributed by atoms with Crippen molar-refractivity contribution in [1.82, 2.24) is 9.97 Å². The molecule has 2 N–H and O–H groups in total. The van der Waals surface area contributed by atoms with Gasteiger partial charge in [0.2, 0.25) is 0 Å². The Balaban J connectivity index is 2.23. The number of carbonyl (C=O) groups is 1. The molecule has 5 heteroatoms. The summed E-state index contributed by atoms with van der Waals surface area (Å²) in [4.78, 5) is 21.1. The van der Waals surface area contributed by atoms with Crippen molar-refractivity contribution in [3.05, 3.63) is 47.3 Å². The first-order chi connectivity index (χ1) is 10.1. The topological polar surface area (TPSA) is 66.9 Å². The second-order valence-corrected chi connectivity index (χ2v) is 4.85. The summed E-state index contributed by atoms with van der Waals surface area (Å²) in [5.41, 5.74) is 2.36. The summed E-state index contributed by atoms with van der Waals surface area (Å²) >= 11 is 0. The summed E-state index contributed by atoms with van der Waals surface area (Å²) in [5, 5.41) is 5.80. The third-order valence-electron chi connectivity index (χ3n) is 3.03. The van der Waals surface area contributed by atoms with Gasteiger partial charge in [-0.1, -0.05) is 19.4 Å². The number of nitrogens with one attached hydrogen (secondary N) is 2. The minimum atomic E-state index is -0.177. The molecule has 2 aromatic heterocycles. The number of aryl methyl sites for hydroxylation is 2. The van der Waals surface area contributed by atoms with E-state index in [4.69, 9.17) is 0 Å². The van der Waals surface area contributed by atoms with Gasteiger partial charge < -0.3 is 10.6 Å². The maximum absolute atomic E-state index is 12.3. The Hall–Kier alpha value is -2.43. The van der Waals surface area contributed by atoms with E-state index in [1.165, 1.54) is 0 Å². The van der Waals surface area contributed by atoms with E-state index >= 15 is 0 Å². The van der Waals surface area contributed by atoms with Crippen molar-refractivity contribution in [2.45, 2.75) is 26.7 Å². The molecule has 0 saturated heterocycles. The number of nitrogens with zero attached hydrogens (tertiary/aromatic N) is 2. The van der Waals surface area contributed by atoms with Crippen LogP contribution in [-0.4, -0.2) is 22.9 Å². The monoisotopic (exact) mass is 284 g/mol. The molecule has 0 unspecified atom stereocenters. The molecule has 0 saturated carbocycles.